The van der Waals surface area contributed by atoms with Crippen LogP contribution in [0.2, 0.25) is 0 Å². The molecule has 3 N–H and O–H groups in total. The van der Waals surface area contributed by atoms with Gasteiger partial charge in [0.1, 0.15) is 0 Å². The van der Waals surface area contributed by atoms with Crippen molar-refractivity contribution in [2.75, 3.05) is 5.73 Å². The Hall–Kier alpha value is -2.04. The first-order valence-corrected chi connectivity index (χ1v) is 5.67. The molecular weight excluding hydrogens is 218 g/mol. The lowest BCUT2D eigenvalue weighted by Gasteiger charge is -2.20. The van der Waals surface area contributed by atoms with Gasteiger partial charge in [-0.3, -0.25) is 0 Å². The zero-order valence-corrected chi connectivity index (χ0v) is 9.26. The maximum Gasteiger partial charge on any atom is 0.261 e. The number of aromatic hydroxyl groups is 1. The van der Waals surface area contributed by atoms with E-state index in [4.69, 9.17) is 10.3 Å². The van der Waals surface area contributed by atoms with Crippen LogP contribution in [-0.4, -0.2) is 15.2 Å². The summed E-state index contributed by atoms with van der Waals surface area (Å²) in [6.45, 7) is 0. The summed E-state index contributed by atoms with van der Waals surface area (Å²) in [5.41, 5.74) is 6.42. The predicted molar refractivity (Wildman–Crippen MR) is 62.4 cm³/mol. The Balaban J connectivity index is 1.97. The molecule has 1 fully saturated rings. The molecule has 17 heavy (non-hydrogen) atoms. The number of aromatic nitrogens is 2. The van der Waals surface area contributed by atoms with Crippen LogP contribution in [0.1, 0.15) is 31.0 Å². The molecule has 0 saturated heterocycles. The van der Waals surface area contributed by atoms with Gasteiger partial charge in [0.2, 0.25) is 0 Å². The van der Waals surface area contributed by atoms with E-state index in [9.17, 15) is 5.11 Å². The van der Waals surface area contributed by atoms with Gasteiger partial charge in [0, 0.05) is 5.92 Å². The van der Waals surface area contributed by atoms with Gasteiger partial charge < -0.3 is 15.4 Å². The molecule has 5 nitrogen and oxygen atoms in total. The quantitative estimate of drug-likeness (QED) is 0.611. The van der Waals surface area contributed by atoms with Crippen LogP contribution in [0.4, 0.5) is 5.69 Å². The molecule has 1 aromatic heterocycles. The summed E-state index contributed by atoms with van der Waals surface area (Å²) in [6, 6.07) is 5.09. The highest BCUT2D eigenvalue weighted by Crippen LogP contribution is 2.37. The molecule has 1 aliphatic rings. The zero-order chi connectivity index (χ0) is 11.8. The molecule has 5 heteroatoms. The van der Waals surface area contributed by atoms with Crippen molar-refractivity contribution >= 4 is 5.69 Å². The lowest BCUT2D eigenvalue weighted by Crippen LogP contribution is -2.10. The first-order valence-electron chi connectivity index (χ1n) is 5.67. The van der Waals surface area contributed by atoms with Gasteiger partial charge in [-0.05, 0) is 25.0 Å². The van der Waals surface area contributed by atoms with E-state index in [0.29, 0.717) is 23.1 Å². The summed E-state index contributed by atoms with van der Waals surface area (Å²) in [7, 11) is 0. The smallest absolute Gasteiger partial charge is 0.261 e. The highest BCUT2D eigenvalue weighted by molar-refractivity contribution is 5.71. The van der Waals surface area contributed by atoms with E-state index in [-0.39, 0.29) is 5.75 Å². The molecule has 0 amide bonds. The van der Waals surface area contributed by atoms with Crippen molar-refractivity contribution in [2.24, 2.45) is 0 Å². The number of hydrogen-bond donors (Lipinski definition) is 2. The van der Waals surface area contributed by atoms with E-state index in [1.165, 1.54) is 6.42 Å². The second-order valence-electron chi connectivity index (χ2n) is 4.33. The Morgan fingerprint density at radius 3 is 2.88 bits per heavy atom. The number of nitrogens with zero attached hydrogens (tertiary/aromatic N) is 2. The monoisotopic (exact) mass is 231 g/mol. The number of rotatable bonds is 2. The van der Waals surface area contributed by atoms with Gasteiger partial charge in [0.15, 0.2) is 11.6 Å². The molecule has 2 aromatic rings. The molecule has 0 radical (unpaired) electrons. The fourth-order valence-corrected chi connectivity index (χ4v) is 1.91. The minimum absolute atomic E-state index is 0.00342. The van der Waals surface area contributed by atoms with Gasteiger partial charge in [-0.1, -0.05) is 17.6 Å². The summed E-state index contributed by atoms with van der Waals surface area (Å²) >= 11 is 0. The molecular formula is C12H13N3O2. The van der Waals surface area contributed by atoms with Crippen LogP contribution in [0.3, 0.4) is 0 Å². The third-order valence-corrected chi connectivity index (χ3v) is 3.21. The molecule has 0 aliphatic heterocycles. The maximum absolute atomic E-state index is 9.82. The van der Waals surface area contributed by atoms with Crippen molar-refractivity contribution in [3.8, 4) is 17.2 Å². The lowest BCUT2D eigenvalue weighted by atomic mass is 9.85. The average Bonchev–Trinajstić information content (AvgIpc) is 2.68. The fraction of sp³-hybridized carbons (Fsp3) is 0.333. The Morgan fingerprint density at radius 2 is 2.18 bits per heavy atom. The maximum atomic E-state index is 9.82. The number of benzene rings is 1. The number of nitrogen functional groups attached to an aromatic ring is 1. The van der Waals surface area contributed by atoms with Crippen LogP contribution in [-0.2, 0) is 0 Å². The molecule has 88 valence electrons. The average molecular weight is 231 g/mol. The predicted octanol–water partition coefficient (Wildman–Crippen LogP) is 2.29. The number of nitrogens with two attached hydrogens (primary N) is 1. The summed E-state index contributed by atoms with van der Waals surface area (Å²) in [5, 5.41) is 13.8. The van der Waals surface area contributed by atoms with E-state index in [1.54, 1.807) is 18.2 Å². The Kier molecular flexibility index (Phi) is 2.24. The largest absolute Gasteiger partial charge is 0.505 e. The molecule has 1 saturated carbocycles. The van der Waals surface area contributed by atoms with Crippen LogP contribution < -0.4 is 5.73 Å². The molecule has 3 rings (SSSR count). The summed E-state index contributed by atoms with van der Waals surface area (Å²) in [5.74, 6) is 1.47. The van der Waals surface area contributed by atoms with E-state index in [2.05, 4.69) is 10.1 Å². The number of para-hydroxylation sites is 1. The number of anilines is 1. The van der Waals surface area contributed by atoms with Crippen molar-refractivity contribution in [1.82, 2.24) is 10.1 Å². The van der Waals surface area contributed by atoms with Gasteiger partial charge >= 0.3 is 0 Å². The number of phenols is 1. The van der Waals surface area contributed by atoms with Crippen LogP contribution in [0.25, 0.3) is 11.5 Å². The minimum atomic E-state index is -0.00342. The molecule has 1 aromatic carbocycles. The Labute approximate surface area is 98.3 Å². The SMILES string of the molecule is Nc1cccc(-c2nc(C3CCC3)no2)c1O. The molecule has 0 atom stereocenters. The molecule has 0 unspecified atom stereocenters. The number of hydrogen-bond acceptors (Lipinski definition) is 5. The van der Waals surface area contributed by atoms with Gasteiger partial charge in [-0.15, -0.1) is 0 Å². The van der Waals surface area contributed by atoms with Crippen LogP contribution in [0.15, 0.2) is 22.7 Å². The lowest BCUT2D eigenvalue weighted by molar-refractivity contribution is 0.365. The van der Waals surface area contributed by atoms with Gasteiger partial charge in [0.05, 0.1) is 11.3 Å². The first-order chi connectivity index (χ1) is 8.25. The third kappa shape index (κ3) is 1.63. The first kappa shape index (κ1) is 10.1. The van der Waals surface area contributed by atoms with Crippen molar-refractivity contribution in [2.45, 2.75) is 25.2 Å². The minimum Gasteiger partial charge on any atom is -0.505 e. The summed E-state index contributed by atoms with van der Waals surface area (Å²) in [4.78, 5) is 4.31. The number of phenolic OH excluding ortho intramolecular Hbond substituents is 1. The fourth-order valence-electron chi connectivity index (χ4n) is 1.91. The van der Waals surface area contributed by atoms with Crippen molar-refractivity contribution < 1.29 is 9.63 Å². The highest BCUT2D eigenvalue weighted by atomic mass is 16.5. The van der Waals surface area contributed by atoms with Crippen molar-refractivity contribution in [3.05, 3.63) is 24.0 Å². The standard InChI is InChI=1S/C12H13N3O2/c13-9-6-2-5-8(10(9)16)12-14-11(15-17-12)7-3-1-4-7/h2,5-7,16H,1,3-4,13H2. The Morgan fingerprint density at radius 1 is 1.35 bits per heavy atom. The summed E-state index contributed by atoms with van der Waals surface area (Å²) in [6.07, 6.45) is 3.45. The summed E-state index contributed by atoms with van der Waals surface area (Å²) < 4.78 is 5.17. The Bertz CT molecular complexity index is 546. The van der Waals surface area contributed by atoms with E-state index in [0.717, 1.165) is 18.7 Å². The zero-order valence-electron chi connectivity index (χ0n) is 9.26. The van der Waals surface area contributed by atoms with Crippen molar-refractivity contribution in [3.63, 3.8) is 0 Å². The second kappa shape index (κ2) is 3.76. The molecule has 1 heterocycles. The molecule has 1 aliphatic carbocycles. The van der Waals surface area contributed by atoms with Crippen LogP contribution in [0.5, 0.6) is 5.75 Å². The van der Waals surface area contributed by atoms with Crippen LogP contribution >= 0.6 is 0 Å². The van der Waals surface area contributed by atoms with Gasteiger partial charge in [0.25, 0.3) is 5.89 Å². The van der Waals surface area contributed by atoms with Crippen molar-refractivity contribution in [1.29, 1.82) is 0 Å². The van der Waals surface area contributed by atoms with Gasteiger partial charge in [-0.25, -0.2) is 0 Å². The van der Waals surface area contributed by atoms with E-state index >= 15 is 0 Å². The van der Waals surface area contributed by atoms with E-state index < -0.39 is 0 Å². The van der Waals surface area contributed by atoms with Crippen LogP contribution in [0, 0.1) is 0 Å². The third-order valence-electron chi connectivity index (χ3n) is 3.21. The van der Waals surface area contributed by atoms with E-state index in [1.807, 2.05) is 0 Å². The second-order valence-corrected chi connectivity index (χ2v) is 4.33. The molecule has 0 bridgehead atoms. The highest BCUT2D eigenvalue weighted by Gasteiger charge is 2.25. The van der Waals surface area contributed by atoms with Gasteiger partial charge in [-0.2, -0.15) is 4.98 Å². The normalized spacial score (nSPS) is 15.8. The topological polar surface area (TPSA) is 85.2 Å². The molecule has 0 spiro atoms.